The van der Waals surface area contributed by atoms with Crippen molar-refractivity contribution in [1.29, 1.82) is 0 Å². The second-order valence-electron chi connectivity index (χ2n) is 3.94. The Morgan fingerprint density at radius 3 is 2.21 bits per heavy atom. The van der Waals surface area contributed by atoms with Gasteiger partial charge in [0.2, 0.25) is 5.91 Å². The van der Waals surface area contributed by atoms with Crippen LogP contribution < -0.4 is 0 Å². The van der Waals surface area contributed by atoms with Crippen molar-refractivity contribution < 1.29 is 15.0 Å². The average molecular weight is 224 g/mol. The lowest BCUT2D eigenvalue weighted by Gasteiger charge is -2.30. The van der Waals surface area contributed by atoms with Crippen molar-refractivity contribution in [3.63, 3.8) is 0 Å². The van der Waals surface area contributed by atoms with E-state index in [2.05, 4.69) is 0 Å². The lowest BCUT2D eigenvalue weighted by atomic mass is 9.92. The number of hydrogen-bond donors (Lipinski definition) is 2. The molecule has 84 valence electrons. The van der Waals surface area contributed by atoms with Gasteiger partial charge in [-0.05, 0) is 6.92 Å². The summed E-state index contributed by atoms with van der Waals surface area (Å²) in [7, 11) is 1.60. The highest BCUT2D eigenvalue weighted by atomic mass is 35.5. The number of aliphatic hydroxyl groups excluding tert-OH is 2. The number of halogens is 1. The third-order valence-corrected chi connectivity index (χ3v) is 2.29. The first-order valence-corrected chi connectivity index (χ1v) is 4.90. The Balaban J connectivity index is 4.29. The number of alkyl halides is 1. The van der Waals surface area contributed by atoms with E-state index < -0.39 is 10.8 Å². The Labute approximate surface area is 89.5 Å². The molecular weight excluding hydrogens is 206 g/mol. The summed E-state index contributed by atoms with van der Waals surface area (Å²) in [4.78, 5) is 12.8. The third-order valence-electron chi connectivity index (χ3n) is 2.10. The van der Waals surface area contributed by atoms with Crippen molar-refractivity contribution in [2.45, 2.75) is 19.2 Å². The molecule has 0 aliphatic heterocycles. The van der Waals surface area contributed by atoms with Crippen LogP contribution in [0.1, 0.15) is 13.8 Å². The summed E-state index contributed by atoms with van der Waals surface area (Å²) in [6.45, 7) is 3.25. The highest BCUT2D eigenvalue weighted by Gasteiger charge is 2.27. The molecule has 0 aliphatic carbocycles. The average Bonchev–Trinajstić information content (AvgIpc) is 2.16. The molecule has 0 bridgehead atoms. The van der Waals surface area contributed by atoms with Crippen molar-refractivity contribution in [2.75, 3.05) is 26.8 Å². The van der Waals surface area contributed by atoms with Crippen molar-refractivity contribution in [3.8, 4) is 0 Å². The van der Waals surface area contributed by atoms with Crippen LogP contribution in [0.25, 0.3) is 0 Å². The van der Waals surface area contributed by atoms with Gasteiger partial charge in [0.15, 0.2) is 0 Å². The summed E-state index contributed by atoms with van der Waals surface area (Å²) in [5, 5.41) is 17.5. The minimum atomic E-state index is -0.670. The van der Waals surface area contributed by atoms with Gasteiger partial charge in [0.1, 0.15) is 5.38 Å². The topological polar surface area (TPSA) is 60.8 Å². The van der Waals surface area contributed by atoms with Gasteiger partial charge >= 0.3 is 0 Å². The zero-order chi connectivity index (χ0) is 11.4. The van der Waals surface area contributed by atoms with Crippen molar-refractivity contribution >= 4 is 17.5 Å². The van der Waals surface area contributed by atoms with Gasteiger partial charge in [-0.25, -0.2) is 0 Å². The molecule has 2 N–H and O–H groups in total. The Morgan fingerprint density at radius 1 is 1.50 bits per heavy atom. The predicted octanol–water partition coefficient (Wildman–Crippen LogP) is 0.0630. The monoisotopic (exact) mass is 223 g/mol. The molecule has 0 rings (SSSR count). The minimum absolute atomic E-state index is 0.169. The quantitative estimate of drug-likeness (QED) is 0.649. The Bertz CT molecular complexity index is 192. The predicted molar refractivity (Wildman–Crippen MR) is 55.2 cm³/mol. The van der Waals surface area contributed by atoms with Crippen molar-refractivity contribution in [3.05, 3.63) is 0 Å². The molecule has 5 heteroatoms. The van der Waals surface area contributed by atoms with Crippen LogP contribution in [-0.2, 0) is 4.79 Å². The summed E-state index contributed by atoms with van der Waals surface area (Å²) < 4.78 is 0. The Morgan fingerprint density at radius 2 is 1.93 bits per heavy atom. The van der Waals surface area contributed by atoms with E-state index >= 15 is 0 Å². The maximum absolute atomic E-state index is 11.4. The van der Waals surface area contributed by atoms with Crippen LogP contribution in [0.2, 0.25) is 0 Å². The zero-order valence-electron chi connectivity index (χ0n) is 8.83. The fourth-order valence-electron chi connectivity index (χ4n) is 1.10. The van der Waals surface area contributed by atoms with Gasteiger partial charge in [-0.3, -0.25) is 4.79 Å². The maximum Gasteiger partial charge on any atom is 0.240 e. The first-order valence-electron chi connectivity index (χ1n) is 4.47. The summed E-state index contributed by atoms with van der Waals surface area (Å²) >= 11 is 5.62. The molecule has 0 radical (unpaired) electrons. The molecule has 0 spiro atoms. The molecule has 1 unspecified atom stereocenters. The fraction of sp³-hybridized carbons (Fsp3) is 0.889. The van der Waals surface area contributed by atoms with Crippen LogP contribution in [0.15, 0.2) is 0 Å². The number of carbonyl (C=O) groups is 1. The van der Waals surface area contributed by atoms with E-state index in [1.54, 1.807) is 20.9 Å². The normalized spacial score (nSPS) is 13.9. The second kappa shape index (κ2) is 5.53. The number of amides is 1. The van der Waals surface area contributed by atoms with Crippen LogP contribution in [0.4, 0.5) is 0 Å². The lowest BCUT2D eigenvalue weighted by molar-refractivity contribution is -0.131. The SMILES string of the molecule is CC(Cl)C(=O)N(C)CC(C)(CO)CO. The van der Waals surface area contributed by atoms with Gasteiger partial charge in [0.05, 0.1) is 13.2 Å². The first-order chi connectivity index (χ1) is 6.36. The van der Waals surface area contributed by atoms with Gasteiger partial charge in [-0.15, -0.1) is 11.6 Å². The van der Waals surface area contributed by atoms with E-state index in [0.717, 1.165) is 0 Å². The summed E-state index contributed by atoms with van der Waals surface area (Å²) in [6, 6.07) is 0. The zero-order valence-corrected chi connectivity index (χ0v) is 9.58. The second-order valence-corrected chi connectivity index (χ2v) is 4.59. The minimum Gasteiger partial charge on any atom is -0.396 e. The van der Waals surface area contributed by atoms with Gasteiger partial charge in [-0.1, -0.05) is 6.92 Å². The standard InChI is InChI=1S/C9H18ClNO3/c1-7(10)8(14)11(3)4-9(2,5-12)6-13/h7,12-13H,4-6H2,1-3H3. The van der Waals surface area contributed by atoms with Crippen LogP contribution >= 0.6 is 11.6 Å². The van der Waals surface area contributed by atoms with E-state index in [1.165, 1.54) is 4.90 Å². The number of aliphatic hydroxyl groups is 2. The first kappa shape index (κ1) is 13.7. The van der Waals surface area contributed by atoms with Crippen LogP contribution in [0, 0.1) is 5.41 Å². The largest absolute Gasteiger partial charge is 0.396 e. The van der Waals surface area contributed by atoms with E-state index in [0.29, 0.717) is 0 Å². The Hall–Kier alpha value is -0.320. The van der Waals surface area contributed by atoms with Crippen molar-refractivity contribution in [2.24, 2.45) is 5.41 Å². The number of nitrogens with zero attached hydrogens (tertiary/aromatic N) is 1. The number of hydrogen-bond acceptors (Lipinski definition) is 3. The molecule has 0 saturated heterocycles. The number of carbonyl (C=O) groups excluding carboxylic acids is 1. The molecule has 0 aromatic rings. The Kier molecular flexibility index (Phi) is 5.41. The van der Waals surface area contributed by atoms with E-state index in [4.69, 9.17) is 21.8 Å². The van der Waals surface area contributed by atoms with Gasteiger partial charge in [0, 0.05) is 19.0 Å². The molecule has 0 heterocycles. The van der Waals surface area contributed by atoms with E-state index in [1.807, 2.05) is 0 Å². The lowest BCUT2D eigenvalue weighted by Crippen LogP contribution is -2.43. The third kappa shape index (κ3) is 3.82. The number of rotatable bonds is 5. The highest BCUT2D eigenvalue weighted by Crippen LogP contribution is 2.16. The molecule has 0 aromatic heterocycles. The van der Waals surface area contributed by atoms with E-state index in [9.17, 15) is 4.79 Å². The molecule has 0 saturated carbocycles. The molecule has 4 nitrogen and oxygen atoms in total. The van der Waals surface area contributed by atoms with E-state index in [-0.39, 0.29) is 25.7 Å². The molecule has 0 aromatic carbocycles. The summed E-state index contributed by atoms with van der Waals surface area (Å²) in [5.41, 5.74) is -0.670. The maximum atomic E-state index is 11.4. The van der Waals surface area contributed by atoms with Crippen LogP contribution in [-0.4, -0.2) is 53.2 Å². The summed E-state index contributed by atoms with van der Waals surface area (Å²) in [5.74, 6) is -0.209. The molecular formula is C9H18ClNO3. The fourth-order valence-corrected chi connectivity index (χ4v) is 1.27. The molecule has 0 aliphatic rings. The van der Waals surface area contributed by atoms with Gasteiger partial charge in [-0.2, -0.15) is 0 Å². The van der Waals surface area contributed by atoms with Crippen LogP contribution in [0.3, 0.4) is 0 Å². The van der Waals surface area contributed by atoms with Crippen LogP contribution in [0.5, 0.6) is 0 Å². The van der Waals surface area contributed by atoms with Gasteiger partial charge in [0.25, 0.3) is 0 Å². The van der Waals surface area contributed by atoms with Crippen molar-refractivity contribution in [1.82, 2.24) is 4.90 Å². The van der Waals surface area contributed by atoms with Gasteiger partial charge < -0.3 is 15.1 Å². The molecule has 14 heavy (non-hydrogen) atoms. The summed E-state index contributed by atoms with van der Waals surface area (Å²) in [6.07, 6.45) is 0. The molecule has 0 fully saturated rings. The smallest absolute Gasteiger partial charge is 0.240 e. The molecule has 1 atom stereocenters. The highest BCUT2D eigenvalue weighted by molar-refractivity contribution is 6.30. The molecule has 1 amide bonds.